The van der Waals surface area contributed by atoms with Crippen LogP contribution in [0.1, 0.15) is 20.8 Å². The molecule has 2 N–H and O–H groups in total. The topological polar surface area (TPSA) is 74.6 Å². The molecule has 1 saturated heterocycles. The molecular weight excluding hydrogens is 236 g/mol. The Morgan fingerprint density at radius 3 is 1.53 bits per heavy atom. The lowest BCUT2D eigenvalue weighted by Gasteiger charge is -2.24. The second-order valence-corrected chi connectivity index (χ2v) is 7.29. The van der Waals surface area contributed by atoms with Crippen molar-refractivity contribution in [2.45, 2.75) is 35.9 Å². The fourth-order valence-corrected chi connectivity index (χ4v) is 4.68. The maximum Gasteiger partial charge on any atom is 0.318 e. The molecule has 4 nitrogen and oxygen atoms in total. The smallest absolute Gasteiger partial charge is 0.318 e. The van der Waals surface area contributed by atoms with Gasteiger partial charge in [0, 0.05) is 0 Å². The Morgan fingerprint density at radius 2 is 1.33 bits per heavy atom. The van der Waals surface area contributed by atoms with E-state index in [0.29, 0.717) is 0 Å². The predicted octanol–water partition coefficient (Wildman–Crippen LogP) is 1.74. The highest BCUT2D eigenvalue weighted by molar-refractivity contribution is 8.21. The first-order valence-corrected chi connectivity index (χ1v) is 6.38. The van der Waals surface area contributed by atoms with Crippen molar-refractivity contribution >= 4 is 35.5 Å². The number of carbonyl (C=O) groups is 2. The molecular formula is C9H14O4S2. The fourth-order valence-electron chi connectivity index (χ4n) is 1.22. The van der Waals surface area contributed by atoms with Gasteiger partial charge in [-0.2, -0.15) is 0 Å². The van der Waals surface area contributed by atoms with Gasteiger partial charge in [0.2, 0.25) is 0 Å². The van der Waals surface area contributed by atoms with E-state index in [1.165, 1.54) is 23.5 Å². The van der Waals surface area contributed by atoms with E-state index in [2.05, 4.69) is 0 Å². The Kier molecular flexibility index (Phi) is 3.60. The number of carboxylic acids is 2. The van der Waals surface area contributed by atoms with Gasteiger partial charge >= 0.3 is 11.9 Å². The van der Waals surface area contributed by atoms with Gasteiger partial charge in [-0.25, -0.2) is 0 Å². The van der Waals surface area contributed by atoms with E-state index in [9.17, 15) is 9.59 Å². The summed E-state index contributed by atoms with van der Waals surface area (Å²) in [4.78, 5) is 21.8. The van der Waals surface area contributed by atoms with Gasteiger partial charge in [0.25, 0.3) is 0 Å². The van der Waals surface area contributed by atoms with E-state index >= 15 is 0 Å². The van der Waals surface area contributed by atoms with Gasteiger partial charge in [0.15, 0.2) is 0 Å². The van der Waals surface area contributed by atoms with E-state index in [0.717, 1.165) is 0 Å². The maximum absolute atomic E-state index is 10.9. The highest BCUT2D eigenvalue weighted by Gasteiger charge is 2.47. The predicted molar refractivity (Wildman–Crippen MR) is 61.3 cm³/mol. The largest absolute Gasteiger partial charge is 0.480 e. The Morgan fingerprint density at radius 1 is 1.00 bits per heavy atom. The molecule has 86 valence electrons. The summed E-state index contributed by atoms with van der Waals surface area (Å²) >= 11 is 2.49. The molecule has 0 aromatic rings. The van der Waals surface area contributed by atoms with Crippen molar-refractivity contribution in [3.8, 4) is 0 Å². The molecule has 0 aliphatic carbocycles. The summed E-state index contributed by atoms with van der Waals surface area (Å²) in [7, 11) is 0. The molecule has 0 amide bonds. The molecule has 0 radical (unpaired) electrons. The van der Waals surface area contributed by atoms with Crippen LogP contribution in [0.3, 0.4) is 0 Å². The number of aliphatic carboxylic acids is 2. The average Bonchev–Trinajstić information content (AvgIpc) is 2.45. The zero-order valence-electron chi connectivity index (χ0n) is 8.76. The SMILES string of the molecule is CC(C)(C)C1S[C@H](C(=O)O)[C@H](C(=O)O)S1. The van der Waals surface area contributed by atoms with Crippen LogP contribution in [0.2, 0.25) is 0 Å². The van der Waals surface area contributed by atoms with Gasteiger partial charge < -0.3 is 10.2 Å². The molecule has 1 fully saturated rings. The minimum atomic E-state index is -1.04. The molecule has 3 atom stereocenters. The van der Waals surface area contributed by atoms with Crippen LogP contribution in [0, 0.1) is 5.41 Å². The van der Waals surface area contributed by atoms with Crippen molar-refractivity contribution < 1.29 is 19.8 Å². The van der Waals surface area contributed by atoms with Crippen LogP contribution in [-0.4, -0.2) is 37.2 Å². The molecule has 1 aliphatic rings. The number of carboxylic acid groups (broad SMARTS) is 2. The van der Waals surface area contributed by atoms with Gasteiger partial charge in [0.1, 0.15) is 10.5 Å². The van der Waals surface area contributed by atoms with Crippen molar-refractivity contribution in [3.63, 3.8) is 0 Å². The van der Waals surface area contributed by atoms with E-state index in [-0.39, 0.29) is 10.00 Å². The van der Waals surface area contributed by atoms with E-state index in [1.54, 1.807) is 0 Å². The summed E-state index contributed by atoms with van der Waals surface area (Å²) in [6.45, 7) is 5.96. The highest BCUT2D eigenvalue weighted by atomic mass is 32.2. The highest BCUT2D eigenvalue weighted by Crippen LogP contribution is 2.51. The second kappa shape index (κ2) is 4.25. The van der Waals surface area contributed by atoms with Crippen molar-refractivity contribution in [2.24, 2.45) is 5.41 Å². The quantitative estimate of drug-likeness (QED) is 0.777. The fraction of sp³-hybridized carbons (Fsp3) is 0.778. The molecule has 0 bridgehead atoms. The van der Waals surface area contributed by atoms with Gasteiger partial charge in [0.05, 0.1) is 4.58 Å². The lowest BCUT2D eigenvalue weighted by atomic mass is 10.0. The molecule has 0 saturated carbocycles. The zero-order valence-corrected chi connectivity index (χ0v) is 10.4. The third kappa shape index (κ3) is 2.81. The molecule has 0 aromatic carbocycles. The molecule has 15 heavy (non-hydrogen) atoms. The van der Waals surface area contributed by atoms with E-state index in [4.69, 9.17) is 10.2 Å². The van der Waals surface area contributed by atoms with Crippen molar-refractivity contribution in [1.29, 1.82) is 0 Å². The lowest BCUT2D eigenvalue weighted by Crippen LogP contribution is -2.31. The first-order valence-electron chi connectivity index (χ1n) is 4.50. The zero-order chi connectivity index (χ0) is 11.8. The number of hydrogen-bond acceptors (Lipinski definition) is 4. The van der Waals surface area contributed by atoms with Crippen LogP contribution in [0.25, 0.3) is 0 Å². The number of thioether (sulfide) groups is 2. The minimum Gasteiger partial charge on any atom is -0.480 e. The molecule has 6 heteroatoms. The molecule has 1 heterocycles. The van der Waals surface area contributed by atoms with Crippen molar-refractivity contribution in [1.82, 2.24) is 0 Å². The van der Waals surface area contributed by atoms with Crippen LogP contribution in [-0.2, 0) is 9.59 Å². The Balaban J connectivity index is 2.83. The van der Waals surface area contributed by atoms with Crippen LogP contribution >= 0.6 is 23.5 Å². The summed E-state index contributed by atoms with van der Waals surface area (Å²) in [6.07, 6.45) is 0. The monoisotopic (exact) mass is 250 g/mol. The third-order valence-corrected chi connectivity index (χ3v) is 6.29. The van der Waals surface area contributed by atoms with Crippen molar-refractivity contribution in [2.75, 3.05) is 0 Å². The standard InChI is InChI=1S/C9H14O4S2/c1-9(2,3)8-14-4(6(10)11)5(15-8)7(12)13/h4-5,8H,1-3H3,(H,10,11)(H,12,13)/t4-,5+,8?. The van der Waals surface area contributed by atoms with Crippen LogP contribution in [0.4, 0.5) is 0 Å². The maximum atomic E-state index is 10.9. The Labute approximate surface area is 96.8 Å². The number of hydrogen-bond donors (Lipinski definition) is 2. The van der Waals surface area contributed by atoms with Gasteiger partial charge in [-0.1, -0.05) is 20.8 Å². The third-order valence-electron chi connectivity index (χ3n) is 2.01. The first kappa shape index (κ1) is 12.7. The van der Waals surface area contributed by atoms with Crippen LogP contribution < -0.4 is 0 Å². The summed E-state index contributed by atoms with van der Waals surface area (Å²) in [5.41, 5.74) is -0.0900. The van der Waals surface area contributed by atoms with Gasteiger partial charge in [-0.05, 0) is 5.41 Å². The lowest BCUT2D eigenvalue weighted by molar-refractivity contribution is -0.142. The summed E-state index contributed by atoms with van der Waals surface area (Å²) in [6, 6.07) is 0. The molecule has 1 unspecified atom stereocenters. The Hall–Kier alpha value is -0.360. The molecule has 0 spiro atoms. The number of rotatable bonds is 2. The van der Waals surface area contributed by atoms with E-state index < -0.39 is 22.4 Å². The minimum absolute atomic E-state index is 0.0136. The average molecular weight is 250 g/mol. The molecule has 1 aliphatic heterocycles. The van der Waals surface area contributed by atoms with Crippen LogP contribution in [0.5, 0.6) is 0 Å². The van der Waals surface area contributed by atoms with Crippen LogP contribution in [0.15, 0.2) is 0 Å². The summed E-state index contributed by atoms with van der Waals surface area (Å²) in [5.74, 6) is -2.07. The second-order valence-electron chi connectivity index (χ2n) is 4.49. The first-order chi connectivity index (χ1) is 6.73. The molecule has 1 rings (SSSR count). The van der Waals surface area contributed by atoms with Gasteiger partial charge in [-0.3, -0.25) is 9.59 Å². The van der Waals surface area contributed by atoms with Crippen molar-refractivity contribution in [3.05, 3.63) is 0 Å². The van der Waals surface area contributed by atoms with E-state index in [1.807, 2.05) is 20.8 Å². The summed E-state index contributed by atoms with van der Waals surface area (Å²) in [5, 5.41) is 16.2. The normalized spacial score (nSPS) is 31.5. The summed E-state index contributed by atoms with van der Waals surface area (Å²) < 4.78 is 0.0136. The Bertz CT molecular complexity index is 262. The molecule has 0 aromatic heterocycles. The van der Waals surface area contributed by atoms with Gasteiger partial charge in [-0.15, -0.1) is 23.5 Å².